The first-order valence-electron chi connectivity index (χ1n) is 4.27. The summed E-state index contributed by atoms with van der Waals surface area (Å²) in [5.41, 5.74) is 13.7. The Labute approximate surface area is 71.4 Å². The van der Waals surface area contributed by atoms with E-state index >= 15 is 0 Å². The summed E-state index contributed by atoms with van der Waals surface area (Å²) >= 11 is 0. The van der Waals surface area contributed by atoms with E-state index in [2.05, 4.69) is 4.79 Å². The summed E-state index contributed by atoms with van der Waals surface area (Å²) in [6.45, 7) is 0. The van der Waals surface area contributed by atoms with E-state index in [1.165, 1.54) is 6.42 Å². The second-order valence-electron chi connectivity index (χ2n) is 3.18. The number of carbonyl (C=O) groups is 1. The maximum Gasteiger partial charge on any atom is 0.358 e. The Hall–Kier alpha value is -1.15. The topological polar surface area (TPSA) is 79.5 Å². The predicted octanol–water partition coefficient (Wildman–Crippen LogP) is 0.723. The average molecular weight is 167 g/mol. The van der Waals surface area contributed by atoms with Crippen LogP contribution in [0.1, 0.15) is 32.1 Å². The van der Waals surface area contributed by atoms with Gasteiger partial charge in [-0.3, -0.25) is 4.79 Å². The van der Waals surface area contributed by atoms with Crippen LogP contribution in [0.5, 0.6) is 0 Å². The van der Waals surface area contributed by atoms with Gasteiger partial charge in [0.1, 0.15) is 0 Å². The van der Waals surface area contributed by atoms with Crippen LogP contribution in [0, 0.1) is 5.92 Å². The lowest BCUT2D eigenvalue weighted by Gasteiger charge is -2.15. The Morgan fingerprint density at radius 2 is 1.92 bits per heavy atom. The molecule has 0 bridgehead atoms. The first kappa shape index (κ1) is 8.94. The summed E-state index contributed by atoms with van der Waals surface area (Å²) in [7, 11) is 0. The SMILES string of the molecule is [N-]=[N+]=C(C(N)=O)C1CCCCC1. The minimum Gasteiger partial charge on any atom is -0.361 e. The summed E-state index contributed by atoms with van der Waals surface area (Å²) in [4.78, 5) is 13.7. The van der Waals surface area contributed by atoms with Gasteiger partial charge in [0.05, 0.1) is 5.92 Å². The van der Waals surface area contributed by atoms with E-state index in [0.717, 1.165) is 25.7 Å². The third kappa shape index (κ3) is 1.92. The summed E-state index contributed by atoms with van der Waals surface area (Å²) in [6.07, 6.45) is 5.23. The van der Waals surface area contributed by atoms with Gasteiger partial charge in [-0.05, 0) is 12.8 Å². The zero-order valence-corrected chi connectivity index (χ0v) is 6.99. The predicted molar refractivity (Wildman–Crippen MR) is 44.4 cm³/mol. The molecule has 0 heterocycles. The third-order valence-corrected chi connectivity index (χ3v) is 2.35. The molecule has 1 rings (SSSR count). The van der Waals surface area contributed by atoms with Crippen molar-refractivity contribution < 1.29 is 9.58 Å². The Balaban J connectivity index is 2.65. The fourth-order valence-electron chi connectivity index (χ4n) is 1.71. The quantitative estimate of drug-likeness (QED) is 0.367. The van der Waals surface area contributed by atoms with E-state index in [4.69, 9.17) is 11.3 Å². The lowest BCUT2D eigenvalue weighted by atomic mass is 9.85. The maximum absolute atomic E-state index is 10.8. The molecule has 66 valence electrons. The lowest BCUT2D eigenvalue weighted by Crippen LogP contribution is -2.32. The summed E-state index contributed by atoms with van der Waals surface area (Å²) in [5.74, 6) is -0.509. The Morgan fingerprint density at radius 3 is 2.33 bits per heavy atom. The van der Waals surface area contributed by atoms with Gasteiger partial charge < -0.3 is 11.3 Å². The molecule has 0 aromatic heterocycles. The molecule has 0 unspecified atom stereocenters. The second-order valence-corrected chi connectivity index (χ2v) is 3.18. The molecule has 0 spiro atoms. The summed E-state index contributed by atoms with van der Waals surface area (Å²) < 4.78 is 0. The monoisotopic (exact) mass is 167 g/mol. The van der Waals surface area contributed by atoms with Crippen LogP contribution in [0.3, 0.4) is 0 Å². The second kappa shape index (κ2) is 4.02. The molecule has 1 saturated carbocycles. The van der Waals surface area contributed by atoms with Crippen molar-refractivity contribution in [3.63, 3.8) is 0 Å². The molecule has 1 aliphatic rings. The standard InChI is InChI=1S/C8H13N3O/c9-8(12)7(11-10)6-4-2-1-3-5-6/h6H,1-5H2,(H2,9,12). The number of nitrogens with two attached hydrogens (primary N) is 1. The van der Waals surface area contributed by atoms with Gasteiger partial charge in [0.15, 0.2) is 0 Å². The third-order valence-electron chi connectivity index (χ3n) is 2.35. The van der Waals surface area contributed by atoms with Crippen LogP contribution in [0.25, 0.3) is 5.53 Å². The van der Waals surface area contributed by atoms with Crippen LogP contribution in [0.15, 0.2) is 0 Å². The zero-order chi connectivity index (χ0) is 8.97. The molecule has 0 aromatic carbocycles. The fraction of sp³-hybridized carbons (Fsp3) is 0.750. The van der Waals surface area contributed by atoms with Crippen LogP contribution in [0.4, 0.5) is 0 Å². The molecule has 0 saturated heterocycles. The number of primary amides is 1. The Bertz CT molecular complexity index is 224. The molecule has 4 heteroatoms. The summed E-state index contributed by atoms with van der Waals surface area (Å²) in [5, 5.41) is 0. The van der Waals surface area contributed by atoms with Crippen LogP contribution in [-0.2, 0) is 4.79 Å². The molecule has 12 heavy (non-hydrogen) atoms. The molecule has 2 N–H and O–H groups in total. The minimum atomic E-state index is -0.593. The van der Waals surface area contributed by atoms with Crippen molar-refractivity contribution >= 4 is 11.6 Å². The van der Waals surface area contributed by atoms with Crippen molar-refractivity contribution in [2.75, 3.05) is 0 Å². The van der Waals surface area contributed by atoms with Crippen LogP contribution in [0.2, 0.25) is 0 Å². The molecule has 4 nitrogen and oxygen atoms in total. The number of rotatable bonds is 2. The van der Waals surface area contributed by atoms with Gasteiger partial charge in [-0.1, -0.05) is 19.3 Å². The first-order valence-corrected chi connectivity index (χ1v) is 4.27. The molecule has 1 aliphatic carbocycles. The number of hydrogen-bond acceptors (Lipinski definition) is 1. The van der Waals surface area contributed by atoms with E-state index in [9.17, 15) is 4.79 Å². The smallest absolute Gasteiger partial charge is 0.358 e. The van der Waals surface area contributed by atoms with Crippen molar-refractivity contribution in [1.29, 1.82) is 0 Å². The van der Waals surface area contributed by atoms with E-state index in [1.54, 1.807) is 0 Å². The number of nitrogens with zero attached hydrogens (tertiary/aromatic N) is 2. The van der Waals surface area contributed by atoms with Gasteiger partial charge >= 0.3 is 11.6 Å². The molecule has 0 aromatic rings. The molecule has 0 atom stereocenters. The van der Waals surface area contributed by atoms with Crippen molar-refractivity contribution in [2.45, 2.75) is 32.1 Å². The highest BCUT2D eigenvalue weighted by Crippen LogP contribution is 2.23. The highest BCUT2D eigenvalue weighted by atomic mass is 16.1. The van der Waals surface area contributed by atoms with Crippen molar-refractivity contribution in [2.24, 2.45) is 11.7 Å². The van der Waals surface area contributed by atoms with Crippen LogP contribution < -0.4 is 5.73 Å². The number of hydrogen-bond donors (Lipinski definition) is 1. The molecular formula is C8H13N3O. The lowest BCUT2D eigenvalue weighted by molar-refractivity contribution is -0.117. The van der Waals surface area contributed by atoms with E-state index in [1.807, 2.05) is 0 Å². The van der Waals surface area contributed by atoms with E-state index < -0.39 is 5.91 Å². The van der Waals surface area contributed by atoms with Crippen molar-refractivity contribution in [3.8, 4) is 0 Å². The molecule has 0 radical (unpaired) electrons. The first-order chi connectivity index (χ1) is 5.75. The number of carbonyl (C=O) groups excluding carboxylic acids is 1. The van der Waals surface area contributed by atoms with Crippen molar-refractivity contribution in [1.82, 2.24) is 0 Å². The highest BCUT2D eigenvalue weighted by molar-refractivity contribution is 6.36. The zero-order valence-electron chi connectivity index (χ0n) is 6.99. The van der Waals surface area contributed by atoms with Gasteiger partial charge in [0.25, 0.3) is 0 Å². The molecule has 1 amide bonds. The maximum atomic E-state index is 10.8. The minimum absolute atomic E-state index is 0.0845. The normalized spacial score (nSPS) is 18.3. The largest absolute Gasteiger partial charge is 0.361 e. The van der Waals surface area contributed by atoms with Crippen molar-refractivity contribution in [3.05, 3.63) is 5.53 Å². The molecular weight excluding hydrogens is 154 g/mol. The van der Waals surface area contributed by atoms with E-state index in [-0.39, 0.29) is 11.6 Å². The summed E-state index contributed by atoms with van der Waals surface area (Å²) in [6, 6.07) is 0. The number of amides is 1. The van der Waals surface area contributed by atoms with Gasteiger partial charge in [0.2, 0.25) is 0 Å². The van der Waals surface area contributed by atoms with Gasteiger partial charge in [0, 0.05) is 0 Å². The Kier molecular flexibility index (Phi) is 3.00. The average Bonchev–Trinajstić information content (AvgIpc) is 2.07. The van der Waals surface area contributed by atoms with Gasteiger partial charge in [-0.2, -0.15) is 4.79 Å². The highest BCUT2D eigenvalue weighted by Gasteiger charge is 2.29. The van der Waals surface area contributed by atoms with Gasteiger partial charge in [-0.15, -0.1) is 0 Å². The Morgan fingerprint density at radius 1 is 1.33 bits per heavy atom. The van der Waals surface area contributed by atoms with E-state index in [0.29, 0.717) is 0 Å². The van der Waals surface area contributed by atoms with Crippen LogP contribution in [-0.4, -0.2) is 16.4 Å². The molecule has 0 aliphatic heterocycles. The molecule has 1 fully saturated rings. The fourth-order valence-corrected chi connectivity index (χ4v) is 1.71. The van der Waals surface area contributed by atoms with Crippen LogP contribution >= 0.6 is 0 Å². The van der Waals surface area contributed by atoms with Gasteiger partial charge in [-0.25, -0.2) is 0 Å².